The van der Waals surface area contributed by atoms with Gasteiger partial charge in [0.25, 0.3) is 17.7 Å². The number of carbonyl (C=O) groups excluding carboxylic acids is 4. The van der Waals surface area contributed by atoms with Gasteiger partial charge >= 0.3 is 5.97 Å². The number of hydrogen-bond donors (Lipinski definition) is 1. The minimum atomic E-state index is -0.869. The van der Waals surface area contributed by atoms with Crippen molar-refractivity contribution in [2.75, 3.05) is 13.3 Å². The van der Waals surface area contributed by atoms with E-state index >= 15 is 0 Å². The number of amides is 3. The molecular weight excluding hydrogens is 343 g/mol. The van der Waals surface area contributed by atoms with Crippen LogP contribution in [-0.2, 0) is 9.53 Å². The van der Waals surface area contributed by atoms with Crippen molar-refractivity contribution in [1.82, 2.24) is 10.2 Å². The van der Waals surface area contributed by atoms with Crippen LogP contribution in [0.3, 0.4) is 0 Å². The van der Waals surface area contributed by atoms with Crippen molar-refractivity contribution in [2.24, 2.45) is 0 Å². The lowest BCUT2D eigenvalue weighted by molar-refractivity contribution is -0.145. The Hall–Kier alpha value is -3.55. The standard InChI is InChI=1S/C18H13FN2O5/c19-14-8-4-3-7-13(14)16(23)20-9-15(22)26-10-21-17(24)11-5-1-2-6-12(11)18(21)25/h1-8H,9-10H2,(H,20,23). The molecule has 0 saturated carbocycles. The van der Waals surface area contributed by atoms with E-state index in [-0.39, 0.29) is 16.7 Å². The summed E-state index contributed by atoms with van der Waals surface area (Å²) in [5, 5.41) is 2.21. The summed E-state index contributed by atoms with van der Waals surface area (Å²) in [5.74, 6) is -3.49. The smallest absolute Gasteiger partial charge is 0.327 e. The third-order valence-corrected chi connectivity index (χ3v) is 3.74. The molecule has 26 heavy (non-hydrogen) atoms. The van der Waals surface area contributed by atoms with Crippen LogP contribution in [0.15, 0.2) is 48.5 Å². The van der Waals surface area contributed by atoms with Gasteiger partial charge in [0.1, 0.15) is 12.4 Å². The van der Waals surface area contributed by atoms with Gasteiger partial charge in [0.05, 0.1) is 16.7 Å². The second-order valence-corrected chi connectivity index (χ2v) is 5.39. The first-order valence-electron chi connectivity index (χ1n) is 7.62. The second kappa shape index (κ2) is 7.14. The van der Waals surface area contributed by atoms with Crippen LogP contribution >= 0.6 is 0 Å². The third kappa shape index (κ3) is 3.30. The number of rotatable bonds is 5. The van der Waals surface area contributed by atoms with Crippen LogP contribution in [0.5, 0.6) is 0 Å². The average molecular weight is 356 g/mol. The fourth-order valence-electron chi connectivity index (χ4n) is 2.44. The molecule has 3 amide bonds. The largest absolute Gasteiger partial charge is 0.442 e. The van der Waals surface area contributed by atoms with E-state index in [0.717, 1.165) is 11.0 Å². The van der Waals surface area contributed by atoms with Gasteiger partial charge in [0, 0.05) is 0 Å². The van der Waals surface area contributed by atoms with Gasteiger partial charge in [-0.15, -0.1) is 0 Å². The Morgan fingerprint density at radius 1 is 0.962 bits per heavy atom. The SMILES string of the molecule is O=C(CNC(=O)c1ccccc1F)OCN1C(=O)c2ccccc2C1=O. The first-order chi connectivity index (χ1) is 12.5. The van der Waals surface area contributed by atoms with Crippen molar-refractivity contribution in [3.05, 3.63) is 71.0 Å². The van der Waals surface area contributed by atoms with E-state index in [0.29, 0.717) is 0 Å². The highest BCUT2D eigenvalue weighted by atomic mass is 19.1. The molecule has 1 aliphatic heterocycles. The van der Waals surface area contributed by atoms with E-state index in [4.69, 9.17) is 4.74 Å². The maximum Gasteiger partial charge on any atom is 0.327 e. The highest BCUT2D eigenvalue weighted by molar-refractivity contribution is 6.21. The third-order valence-electron chi connectivity index (χ3n) is 3.74. The highest BCUT2D eigenvalue weighted by Crippen LogP contribution is 2.22. The van der Waals surface area contributed by atoms with Crippen molar-refractivity contribution in [2.45, 2.75) is 0 Å². The highest BCUT2D eigenvalue weighted by Gasteiger charge is 2.35. The van der Waals surface area contributed by atoms with Crippen LogP contribution in [-0.4, -0.2) is 41.9 Å². The summed E-state index contributed by atoms with van der Waals surface area (Å²) in [7, 11) is 0. The second-order valence-electron chi connectivity index (χ2n) is 5.39. The Bertz CT molecular complexity index is 877. The molecule has 0 atom stereocenters. The van der Waals surface area contributed by atoms with E-state index in [9.17, 15) is 23.6 Å². The lowest BCUT2D eigenvalue weighted by Gasteiger charge is -2.14. The zero-order valence-corrected chi connectivity index (χ0v) is 13.4. The number of imide groups is 1. The predicted molar refractivity (Wildman–Crippen MR) is 86.6 cm³/mol. The van der Waals surface area contributed by atoms with E-state index in [1.165, 1.54) is 30.3 Å². The van der Waals surface area contributed by atoms with Crippen molar-refractivity contribution < 1.29 is 28.3 Å². The zero-order chi connectivity index (χ0) is 18.7. The van der Waals surface area contributed by atoms with E-state index in [1.807, 2.05) is 0 Å². The summed E-state index contributed by atoms with van der Waals surface area (Å²) < 4.78 is 18.3. The number of ether oxygens (including phenoxy) is 1. The molecule has 0 aliphatic carbocycles. The Morgan fingerprint density at radius 3 is 2.15 bits per heavy atom. The molecule has 3 rings (SSSR count). The van der Waals surface area contributed by atoms with Gasteiger partial charge in [-0.2, -0.15) is 0 Å². The van der Waals surface area contributed by atoms with E-state index in [1.54, 1.807) is 12.1 Å². The fraction of sp³-hybridized carbons (Fsp3) is 0.111. The molecule has 0 aromatic heterocycles. The van der Waals surface area contributed by atoms with Gasteiger partial charge in [0.2, 0.25) is 0 Å². The summed E-state index contributed by atoms with van der Waals surface area (Å²) in [5.41, 5.74) is 0.267. The first kappa shape index (κ1) is 17.3. The van der Waals surface area contributed by atoms with Crippen LogP contribution in [0.1, 0.15) is 31.1 Å². The molecule has 132 valence electrons. The molecule has 0 unspecified atom stereocenters. The molecule has 0 radical (unpaired) electrons. The van der Waals surface area contributed by atoms with Crippen LogP contribution in [0.4, 0.5) is 4.39 Å². The maximum absolute atomic E-state index is 13.5. The number of halogens is 1. The Labute approximate surface area is 147 Å². The Morgan fingerprint density at radius 2 is 1.54 bits per heavy atom. The summed E-state index contributed by atoms with van der Waals surface area (Å²) in [6, 6.07) is 11.6. The van der Waals surface area contributed by atoms with Gasteiger partial charge in [-0.05, 0) is 24.3 Å². The fourth-order valence-corrected chi connectivity index (χ4v) is 2.44. The van der Waals surface area contributed by atoms with Crippen molar-refractivity contribution in [1.29, 1.82) is 0 Å². The van der Waals surface area contributed by atoms with Gasteiger partial charge in [-0.1, -0.05) is 24.3 Å². The van der Waals surface area contributed by atoms with Gasteiger partial charge in [-0.25, -0.2) is 9.29 Å². The normalized spacial score (nSPS) is 12.7. The van der Waals surface area contributed by atoms with Gasteiger partial charge in [0.15, 0.2) is 6.73 Å². The molecular formula is C18H13FN2O5. The minimum Gasteiger partial charge on any atom is -0.442 e. The number of fused-ring (bicyclic) bond motifs is 1. The topological polar surface area (TPSA) is 92.8 Å². The molecule has 0 bridgehead atoms. The van der Waals surface area contributed by atoms with Gasteiger partial charge < -0.3 is 10.1 Å². The molecule has 0 saturated heterocycles. The van der Waals surface area contributed by atoms with Crippen LogP contribution in [0.2, 0.25) is 0 Å². The number of benzene rings is 2. The number of esters is 1. The molecule has 8 heteroatoms. The molecule has 1 aliphatic rings. The van der Waals surface area contributed by atoms with Crippen LogP contribution in [0, 0.1) is 5.82 Å². The molecule has 1 N–H and O–H groups in total. The molecule has 7 nitrogen and oxygen atoms in total. The molecule has 0 fully saturated rings. The van der Waals surface area contributed by atoms with Crippen molar-refractivity contribution in [3.8, 4) is 0 Å². The van der Waals surface area contributed by atoms with Crippen molar-refractivity contribution in [3.63, 3.8) is 0 Å². The lowest BCUT2D eigenvalue weighted by atomic mass is 10.1. The molecule has 1 heterocycles. The first-order valence-corrected chi connectivity index (χ1v) is 7.62. The summed E-state index contributed by atoms with van der Waals surface area (Å²) in [6.07, 6.45) is 0. The summed E-state index contributed by atoms with van der Waals surface area (Å²) >= 11 is 0. The van der Waals surface area contributed by atoms with Gasteiger partial charge in [-0.3, -0.25) is 19.2 Å². The maximum atomic E-state index is 13.5. The summed E-state index contributed by atoms with van der Waals surface area (Å²) in [4.78, 5) is 48.5. The van der Waals surface area contributed by atoms with Crippen LogP contribution in [0.25, 0.3) is 0 Å². The molecule has 2 aromatic rings. The number of carbonyl (C=O) groups is 4. The minimum absolute atomic E-state index is 0.208. The summed E-state index contributed by atoms with van der Waals surface area (Å²) in [6.45, 7) is -1.10. The van der Waals surface area contributed by atoms with Crippen molar-refractivity contribution >= 4 is 23.7 Å². The van der Waals surface area contributed by atoms with Crippen LogP contribution < -0.4 is 5.32 Å². The quantitative estimate of drug-likeness (QED) is 0.645. The molecule has 0 spiro atoms. The Kier molecular flexibility index (Phi) is 4.74. The average Bonchev–Trinajstić information content (AvgIpc) is 2.89. The lowest BCUT2D eigenvalue weighted by Crippen LogP contribution is -2.36. The number of nitrogens with zero attached hydrogens (tertiary/aromatic N) is 1. The zero-order valence-electron chi connectivity index (χ0n) is 13.4. The molecule has 2 aromatic carbocycles. The number of hydrogen-bond acceptors (Lipinski definition) is 5. The van der Waals surface area contributed by atoms with E-state index in [2.05, 4.69) is 5.32 Å². The monoisotopic (exact) mass is 356 g/mol. The predicted octanol–water partition coefficient (Wildman–Crippen LogP) is 1.35. The Balaban J connectivity index is 1.52. The number of nitrogens with one attached hydrogen (secondary N) is 1. The van der Waals surface area contributed by atoms with E-state index < -0.39 is 42.8 Å².